The molecule has 0 spiro atoms. The summed E-state index contributed by atoms with van der Waals surface area (Å²) in [7, 11) is 1.35. The van der Waals surface area contributed by atoms with Crippen molar-refractivity contribution in [2.75, 3.05) is 7.11 Å². The lowest BCUT2D eigenvalue weighted by atomic mass is 9.66. The smallest absolute Gasteiger partial charge is 0.338 e. The van der Waals surface area contributed by atoms with Gasteiger partial charge in [0.1, 0.15) is 6.10 Å². The summed E-state index contributed by atoms with van der Waals surface area (Å²) in [6, 6.07) is 1.84. The third-order valence-electron chi connectivity index (χ3n) is 5.46. The van der Waals surface area contributed by atoms with Crippen LogP contribution in [0.4, 0.5) is 0 Å². The van der Waals surface area contributed by atoms with Crippen molar-refractivity contribution in [2.24, 2.45) is 11.3 Å². The minimum Gasteiger partial charge on any atom is -0.472 e. The maximum Gasteiger partial charge on any atom is 0.338 e. The fourth-order valence-corrected chi connectivity index (χ4v) is 3.85. The van der Waals surface area contributed by atoms with Gasteiger partial charge in [-0.1, -0.05) is 25.7 Å². The Balaban J connectivity index is 1.88. The Morgan fingerprint density at radius 3 is 2.92 bits per heavy atom. The molecule has 1 fully saturated rings. The maximum atomic E-state index is 12.8. The zero-order valence-corrected chi connectivity index (χ0v) is 15.2. The highest BCUT2D eigenvalue weighted by atomic mass is 16.5. The van der Waals surface area contributed by atoms with Crippen molar-refractivity contribution in [1.82, 2.24) is 0 Å². The molecule has 3 rings (SSSR count). The third-order valence-corrected chi connectivity index (χ3v) is 5.46. The van der Waals surface area contributed by atoms with E-state index >= 15 is 0 Å². The Kier molecular flexibility index (Phi) is 5.16. The van der Waals surface area contributed by atoms with Gasteiger partial charge < -0.3 is 13.9 Å². The van der Waals surface area contributed by atoms with Crippen LogP contribution in [0.25, 0.3) is 0 Å². The summed E-state index contributed by atoms with van der Waals surface area (Å²) in [4.78, 5) is 24.7. The van der Waals surface area contributed by atoms with Crippen molar-refractivity contribution in [1.29, 1.82) is 0 Å². The van der Waals surface area contributed by atoms with Crippen LogP contribution in [0.15, 0.2) is 59.0 Å². The molecule has 2 aliphatic rings. The highest BCUT2D eigenvalue weighted by Gasteiger charge is 2.46. The largest absolute Gasteiger partial charge is 0.472 e. The van der Waals surface area contributed by atoms with Crippen LogP contribution in [0.3, 0.4) is 0 Å². The monoisotopic (exact) mass is 356 g/mol. The predicted octanol–water partition coefficient (Wildman–Crippen LogP) is 4.29. The molecule has 1 aliphatic heterocycles. The van der Waals surface area contributed by atoms with E-state index in [1.54, 1.807) is 18.6 Å². The van der Waals surface area contributed by atoms with Gasteiger partial charge in [0.15, 0.2) is 0 Å². The van der Waals surface area contributed by atoms with Gasteiger partial charge in [0.2, 0.25) is 0 Å². The molecule has 5 nitrogen and oxygen atoms in total. The first kappa shape index (κ1) is 18.2. The first-order chi connectivity index (χ1) is 12.4. The van der Waals surface area contributed by atoms with Crippen LogP contribution in [0.2, 0.25) is 0 Å². The lowest BCUT2D eigenvalue weighted by Gasteiger charge is -2.43. The first-order valence-electron chi connectivity index (χ1n) is 8.80. The second-order valence-corrected chi connectivity index (χ2v) is 7.24. The second-order valence-electron chi connectivity index (χ2n) is 7.24. The quantitative estimate of drug-likeness (QED) is 0.740. The van der Waals surface area contributed by atoms with Crippen LogP contribution in [0.5, 0.6) is 0 Å². The van der Waals surface area contributed by atoms with E-state index in [0.717, 1.165) is 18.4 Å². The minimum absolute atomic E-state index is 0.199. The van der Waals surface area contributed by atoms with Crippen LogP contribution < -0.4 is 0 Å². The molecule has 5 heteroatoms. The average molecular weight is 356 g/mol. The summed E-state index contributed by atoms with van der Waals surface area (Å²) >= 11 is 0. The van der Waals surface area contributed by atoms with Crippen LogP contribution >= 0.6 is 0 Å². The molecule has 1 aromatic heterocycles. The summed E-state index contributed by atoms with van der Waals surface area (Å²) in [5.41, 5.74) is 1.78. The van der Waals surface area contributed by atoms with Gasteiger partial charge in [-0.05, 0) is 48.8 Å². The summed E-state index contributed by atoms with van der Waals surface area (Å²) in [5.74, 6) is -0.853. The zero-order valence-electron chi connectivity index (χ0n) is 15.2. The van der Waals surface area contributed by atoms with Crippen LogP contribution in [0.1, 0.15) is 44.3 Å². The van der Waals surface area contributed by atoms with Gasteiger partial charge in [-0.25, -0.2) is 4.79 Å². The van der Waals surface area contributed by atoms with Gasteiger partial charge in [-0.2, -0.15) is 0 Å². The number of carbonyl (C=O) groups excluding carboxylic acids is 2. The highest BCUT2D eigenvalue weighted by Crippen LogP contribution is 2.49. The lowest BCUT2D eigenvalue weighted by molar-refractivity contribution is -0.173. The molecule has 1 aliphatic carbocycles. The van der Waals surface area contributed by atoms with E-state index in [-0.39, 0.29) is 23.4 Å². The zero-order chi connectivity index (χ0) is 18.7. The van der Waals surface area contributed by atoms with Crippen molar-refractivity contribution in [3.8, 4) is 0 Å². The fraction of sp³-hybridized carbons (Fsp3) is 0.429. The van der Waals surface area contributed by atoms with E-state index in [4.69, 9.17) is 13.9 Å². The minimum atomic E-state index is -0.408. The van der Waals surface area contributed by atoms with Crippen LogP contribution in [-0.2, 0) is 19.1 Å². The van der Waals surface area contributed by atoms with Gasteiger partial charge in [-0.3, -0.25) is 4.79 Å². The van der Waals surface area contributed by atoms with E-state index in [2.05, 4.69) is 13.5 Å². The number of ether oxygens (including phenoxy) is 2. The molecule has 1 aromatic rings. The number of rotatable bonds is 2. The summed E-state index contributed by atoms with van der Waals surface area (Å²) < 4.78 is 15.7. The van der Waals surface area contributed by atoms with Crippen molar-refractivity contribution in [3.05, 3.63) is 60.1 Å². The van der Waals surface area contributed by atoms with E-state index < -0.39 is 5.97 Å². The van der Waals surface area contributed by atoms with Gasteiger partial charge in [0.25, 0.3) is 0 Å². The number of esters is 2. The molecule has 2 heterocycles. The number of methoxy groups -OCH3 is 1. The molecule has 3 unspecified atom stereocenters. The molecule has 0 N–H and O–H groups in total. The lowest BCUT2D eigenvalue weighted by Crippen LogP contribution is -2.41. The summed E-state index contributed by atoms with van der Waals surface area (Å²) in [6.07, 6.45) is 11.1. The van der Waals surface area contributed by atoms with Crippen molar-refractivity contribution >= 4 is 11.9 Å². The van der Waals surface area contributed by atoms with E-state index in [1.165, 1.54) is 7.11 Å². The second kappa shape index (κ2) is 7.36. The number of hydrogen-bond donors (Lipinski definition) is 0. The number of furan rings is 1. The van der Waals surface area contributed by atoms with Crippen LogP contribution in [0, 0.1) is 11.3 Å². The SMILES string of the molecule is C=C1CCC2C(=O)OC(c3ccoc3)CC2(C)CC=CC=C1C(=O)OC. The Morgan fingerprint density at radius 2 is 2.23 bits per heavy atom. The highest BCUT2D eigenvalue weighted by molar-refractivity contribution is 5.93. The Bertz CT molecular complexity index is 755. The standard InChI is InChI=1S/C21H24O5/c1-14-7-8-17-20(23)26-18(15-9-11-25-13-15)12-21(17,2)10-5-4-6-16(14)19(22)24-3/h4-6,9,11,13,17-18H,1,7-8,10,12H2,2-3H3. The topological polar surface area (TPSA) is 65.7 Å². The summed E-state index contributed by atoms with van der Waals surface area (Å²) in [5, 5.41) is 0. The number of allylic oxidation sites excluding steroid dienone is 3. The Hall–Kier alpha value is -2.56. The Morgan fingerprint density at radius 1 is 1.42 bits per heavy atom. The molecule has 0 radical (unpaired) electrons. The molecule has 0 bridgehead atoms. The molecule has 0 amide bonds. The molecule has 3 atom stereocenters. The third kappa shape index (κ3) is 3.52. The molecular formula is C21H24O5. The van der Waals surface area contributed by atoms with Crippen molar-refractivity contribution < 1.29 is 23.5 Å². The number of fused-ring (bicyclic) bond motifs is 1. The van der Waals surface area contributed by atoms with E-state index in [1.807, 2.05) is 18.2 Å². The van der Waals surface area contributed by atoms with Crippen molar-refractivity contribution in [2.45, 2.75) is 38.7 Å². The maximum absolute atomic E-state index is 12.8. The van der Waals surface area contributed by atoms with Crippen molar-refractivity contribution in [3.63, 3.8) is 0 Å². The number of hydrogen-bond acceptors (Lipinski definition) is 5. The van der Waals surface area contributed by atoms with Gasteiger partial charge >= 0.3 is 11.9 Å². The molecule has 1 saturated heterocycles. The molecule has 0 aromatic carbocycles. The molecule has 26 heavy (non-hydrogen) atoms. The molecule has 0 saturated carbocycles. The van der Waals surface area contributed by atoms with Gasteiger partial charge in [-0.15, -0.1) is 0 Å². The first-order valence-corrected chi connectivity index (χ1v) is 8.80. The van der Waals surface area contributed by atoms with E-state index in [9.17, 15) is 9.59 Å². The number of cyclic esters (lactones) is 1. The average Bonchev–Trinajstić information content (AvgIpc) is 3.14. The predicted molar refractivity (Wildman–Crippen MR) is 96.0 cm³/mol. The van der Waals surface area contributed by atoms with E-state index in [0.29, 0.717) is 24.0 Å². The molecule has 138 valence electrons. The van der Waals surface area contributed by atoms with Crippen LogP contribution in [-0.4, -0.2) is 19.0 Å². The van der Waals surface area contributed by atoms with Gasteiger partial charge in [0, 0.05) is 5.56 Å². The molecular weight excluding hydrogens is 332 g/mol. The number of carbonyl (C=O) groups is 2. The van der Waals surface area contributed by atoms with Gasteiger partial charge in [0.05, 0.1) is 31.1 Å². The normalized spacial score (nSPS) is 29.4. The fourth-order valence-electron chi connectivity index (χ4n) is 3.85. The summed E-state index contributed by atoms with van der Waals surface area (Å²) in [6.45, 7) is 6.14. The Labute approximate surface area is 153 Å².